The quantitative estimate of drug-likeness (QED) is 0.823. The lowest BCUT2D eigenvalue weighted by atomic mass is 9.83. The summed E-state index contributed by atoms with van der Waals surface area (Å²) in [5.41, 5.74) is 2.64. The molecule has 5 nitrogen and oxygen atoms in total. The van der Waals surface area contributed by atoms with Crippen LogP contribution in [0.5, 0.6) is 0 Å². The van der Waals surface area contributed by atoms with Crippen molar-refractivity contribution in [3.63, 3.8) is 0 Å². The van der Waals surface area contributed by atoms with Gasteiger partial charge in [-0.1, -0.05) is 30.4 Å². The van der Waals surface area contributed by atoms with Crippen molar-refractivity contribution in [1.82, 2.24) is 4.31 Å². The van der Waals surface area contributed by atoms with E-state index < -0.39 is 21.9 Å². The second-order valence-corrected chi connectivity index (χ2v) is 9.08. The first-order chi connectivity index (χ1) is 13.5. The summed E-state index contributed by atoms with van der Waals surface area (Å²) in [6.07, 6.45) is 4.48. The summed E-state index contributed by atoms with van der Waals surface area (Å²) in [6, 6.07) is 10.6. The number of aliphatic hydroxyl groups is 1. The van der Waals surface area contributed by atoms with Crippen molar-refractivity contribution in [2.75, 3.05) is 18.5 Å². The Balaban J connectivity index is 1.84. The molecule has 2 aromatic rings. The zero-order valence-electron chi connectivity index (χ0n) is 15.5. The van der Waals surface area contributed by atoms with Crippen molar-refractivity contribution in [3.05, 3.63) is 65.5 Å². The number of sulfonamides is 1. The van der Waals surface area contributed by atoms with E-state index in [2.05, 4.69) is 5.32 Å². The van der Waals surface area contributed by atoms with E-state index in [0.717, 1.165) is 22.9 Å². The third-order valence-electron chi connectivity index (χ3n) is 5.63. The summed E-state index contributed by atoms with van der Waals surface area (Å²) in [4.78, 5) is -0.305. The van der Waals surface area contributed by atoms with Crippen LogP contribution in [-0.2, 0) is 10.0 Å². The van der Waals surface area contributed by atoms with E-state index in [1.807, 2.05) is 37.3 Å². The van der Waals surface area contributed by atoms with Gasteiger partial charge in [-0.15, -0.1) is 0 Å². The molecule has 2 aliphatic heterocycles. The fourth-order valence-electron chi connectivity index (χ4n) is 4.39. The lowest BCUT2D eigenvalue weighted by Crippen LogP contribution is -2.43. The molecule has 2 N–H and O–H groups in total. The molecule has 1 saturated heterocycles. The van der Waals surface area contributed by atoms with Gasteiger partial charge in [-0.2, -0.15) is 4.31 Å². The highest BCUT2D eigenvalue weighted by Crippen LogP contribution is 2.48. The molecule has 0 amide bonds. The predicted octanol–water partition coefficient (Wildman–Crippen LogP) is 3.40. The summed E-state index contributed by atoms with van der Waals surface area (Å²) in [5.74, 6) is -0.832. The third-order valence-corrected chi connectivity index (χ3v) is 7.54. The second-order valence-electron chi connectivity index (χ2n) is 7.22. The molecule has 7 heteroatoms. The van der Waals surface area contributed by atoms with Gasteiger partial charge in [0.25, 0.3) is 0 Å². The van der Waals surface area contributed by atoms with E-state index >= 15 is 0 Å². The molecule has 0 aliphatic carbocycles. The van der Waals surface area contributed by atoms with E-state index in [9.17, 15) is 17.9 Å². The highest BCUT2D eigenvalue weighted by Gasteiger charge is 2.48. The zero-order valence-corrected chi connectivity index (χ0v) is 16.4. The highest BCUT2D eigenvalue weighted by atomic mass is 32.2. The van der Waals surface area contributed by atoms with Gasteiger partial charge in [0.1, 0.15) is 10.7 Å². The molecule has 2 aliphatic rings. The van der Waals surface area contributed by atoms with Gasteiger partial charge in [-0.3, -0.25) is 0 Å². The molecule has 0 unspecified atom stereocenters. The maximum absolute atomic E-state index is 14.3. The number of fused-ring (bicyclic) bond motifs is 3. The van der Waals surface area contributed by atoms with Gasteiger partial charge < -0.3 is 10.4 Å². The third kappa shape index (κ3) is 3.03. The van der Waals surface area contributed by atoms with E-state index in [0.29, 0.717) is 6.42 Å². The number of hydrogen-bond acceptors (Lipinski definition) is 4. The van der Waals surface area contributed by atoms with Crippen LogP contribution in [0.15, 0.2) is 53.4 Å². The Morgan fingerprint density at radius 1 is 1.29 bits per heavy atom. The van der Waals surface area contributed by atoms with E-state index in [-0.39, 0.29) is 30.0 Å². The Labute approximate surface area is 164 Å². The van der Waals surface area contributed by atoms with Crippen molar-refractivity contribution in [2.24, 2.45) is 5.92 Å². The second kappa shape index (κ2) is 7.31. The van der Waals surface area contributed by atoms with Crippen molar-refractivity contribution >= 4 is 21.8 Å². The Morgan fingerprint density at radius 2 is 2.07 bits per heavy atom. The van der Waals surface area contributed by atoms with Crippen LogP contribution in [0.1, 0.15) is 30.5 Å². The first-order valence-electron chi connectivity index (χ1n) is 9.37. The number of allylic oxidation sites excluding steroid dienone is 1. The number of hydrogen-bond donors (Lipinski definition) is 2. The minimum atomic E-state index is -4.01. The first kappa shape index (κ1) is 19.1. The predicted molar refractivity (Wildman–Crippen MR) is 107 cm³/mol. The summed E-state index contributed by atoms with van der Waals surface area (Å²) < 4.78 is 42.3. The average Bonchev–Trinajstić information content (AvgIpc) is 3.14. The Hall–Kier alpha value is -2.22. The molecule has 0 spiro atoms. The summed E-state index contributed by atoms with van der Waals surface area (Å²) >= 11 is 0. The van der Waals surface area contributed by atoms with Crippen LogP contribution in [0.4, 0.5) is 10.1 Å². The fourth-order valence-corrected chi connectivity index (χ4v) is 6.12. The maximum atomic E-state index is 14.3. The van der Waals surface area contributed by atoms with Crippen LogP contribution in [0.3, 0.4) is 0 Å². The molecule has 3 atom stereocenters. The Bertz CT molecular complexity index is 1020. The molecule has 0 saturated carbocycles. The SMILES string of the molecule is C/C=C/c1ccc2c(c1)[C@H]1[C@H](CCN1S(=O)(=O)c1ccccc1F)[C@H](CO)N2. The molecule has 2 aromatic carbocycles. The van der Waals surface area contributed by atoms with Crippen molar-refractivity contribution < 1.29 is 17.9 Å². The lowest BCUT2D eigenvalue weighted by Gasteiger charge is -2.39. The van der Waals surface area contributed by atoms with Gasteiger partial charge in [0, 0.05) is 18.2 Å². The zero-order chi connectivity index (χ0) is 19.9. The first-order valence-corrected chi connectivity index (χ1v) is 10.8. The van der Waals surface area contributed by atoms with Crippen LogP contribution in [0.2, 0.25) is 0 Å². The van der Waals surface area contributed by atoms with Crippen molar-refractivity contribution in [1.29, 1.82) is 0 Å². The van der Waals surface area contributed by atoms with Crippen molar-refractivity contribution in [2.45, 2.75) is 30.3 Å². The summed E-state index contributed by atoms with van der Waals surface area (Å²) in [5, 5.41) is 13.2. The van der Waals surface area contributed by atoms with Crippen LogP contribution >= 0.6 is 0 Å². The number of benzene rings is 2. The van der Waals surface area contributed by atoms with E-state index in [1.165, 1.54) is 22.5 Å². The average molecular weight is 402 g/mol. The van der Waals surface area contributed by atoms with Gasteiger partial charge in [-0.05, 0) is 48.7 Å². The van der Waals surface area contributed by atoms with Crippen LogP contribution < -0.4 is 5.32 Å². The monoisotopic (exact) mass is 402 g/mol. The highest BCUT2D eigenvalue weighted by molar-refractivity contribution is 7.89. The molecule has 2 heterocycles. The Morgan fingerprint density at radius 3 is 2.79 bits per heavy atom. The summed E-state index contributed by atoms with van der Waals surface area (Å²) in [6.45, 7) is 2.12. The van der Waals surface area contributed by atoms with Crippen LogP contribution in [0.25, 0.3) is 6.08 Å². The minimum absolute atomic E-state index is 0.0834. The van der Waals surface area contributed by atoms with E-state index in [1.54, 1.807) is 0 Å². The van der Waals surface area contributed by atoms with Crippen LogP contribution in [0, 0.1) is 11.7 Å². The fraction of sp³-hybridized carbons (Fsp3) is 0.333. The van der Waals surface area contributed by atoms with Gasteiger partial charge >= 0.3 is 0 Å². The van der Waals surface area contributed by atoms with Crippen LogP contribution in [-0.4, -0.2) is 37.0 Å². The molecule has 0 aromatic heterocycles. The number of nitrogens with one attached hydrogen (secondary N) is 1. The largest absolute Gasteiger partial charge is 0.394 e. The standard InChI is InChI=1S/C21H23FN2O3S/c1-2-5-14-8-9-18-16(12-14)21-15(19(13-25)23-18)10-11-24(21)28(26,27)20-7-4-3-6-17(20)22/h2-9,12,15,19,21,23,25H,10-11,13H2,1H3/b5-2+/t15-,19+,21-/m1/s1. The normalized spacial score (nSPS) is 24.8. The Kier molecular flexibility index (Phi) is 4.99. The molecule has 28 heavy (non-hydrogen) atoms. The topological polar surface area (TPSA) is 69.6 Å². The molecule has 148 valence electrons. The molecule has 4 rings (SSSR count). The molecular formula is C21H23FN2O3S. The number of anilines is 1. The maximum Gasteiger partial charge on any atom is 0.246 e. The lowest BCUT2D eigenvalue weighted by molar-refractivity contribution is 0.210. The number of nitrogens with zero attached hydrogens (tertiary/aromatic N) is 1. The molecular weight excluding hydrogens is 379 g/mol. The van der Waals surface area contributed by atoms with Gasteiger partial charge in [0.15, 0.2) is 0 Å². The number of rotatable bonds is 4. The molecule has 0 radical (unpaired) electrons. The van der Waals surface area contributed by atoms with Gasteiger partial charge in [0.05, 0.1) is 18.7 Å². The summed E-state index contributed by atoms with van der Waals surface area (Å²) in [7, 11) is -4.01. The smallest absolute Gasteiger partial charge is 0.246 e. The molecule has 1 fully saturated rings. The van der Waals surface area contributed by atoms with Crippen molar-refractivity contribution in [3.8, 4) is 0 Å². The van der Waals surface area contributed by atoms with E-state index in [4.69, 9.17) is 0 Å². The minimum Gasteiger partial charge on any atom is -0.394 e. The molecule has 0 bridgehead atoms. The van der Waals surface area contributed by atoms with Gasteiger partial charge in [0.2, 0.25) is 10.0 Å². The number of aliphatic hydroxyl groups excluding tert-OH is 1. The van der Waals surface area contributed by atoms with Gasteiger partial charge in [-0.25, -0.2) is 12.8 Å². The number of halogens is 1.